The number of carbonyl (C=O) groups is 2. The van der Waals surface area contributed by atoms with Crippen molar-refractivity contribution in [3.8, 4) is 11.3 Å². The molecular weight excluding hydrogens is 322 g/mol. The lowest BCUT2D eigenvalue weighted by Crippen LogP contribution is -2.30. The standard InChI is InChI=1S/C19H17NO5/c21-15(19(23)24)9-10-20-18(22)13-7-5-12(6-8-13)17-11-14-3-1-2-4-16(14)25-17/h1-8,11,15,21H,9-10H2,(H,20,22)(H,23,24)/t15-/m0/s1. The van der Waals surface area contributed by atoms with E-state index in [1.165, 1.54) is 0 Å². The highest BCUT2D eigenvalue weighted by Crippen LogP contribution is 2.27. The van der Waals surface area contributed by atoms with E-state index in [4.69, 9.17) is 9.52 Å². The first-order valence-electron chi connectivity index (χ1n) is 7.82. The third-order valence-corrected chi connectivity index (χ3v) is 3.85. The molecule has 1 heterocycles. The Morgan fingerprint density at radius 2 is 1.80 bits per heavy atom. The van der Waals surface area contributed by atoms with E-state index in [1.54, 1.807) is 24.3 Å². The normalized spacial score (nSPS) is 12.0. The van der Waals surface area contributed by atoms with Crippen LogP contribution in [-0.2, 0) is 4.79 Å². The number of aliphatic hydroxyl groups excluding tert-OH is 1. The van der Waals surface area contributed by atoms with Gasteiger partial charge in [0.1, 0.15) is 11.3 Å². The zero-order valence-corrected chi connectivity index (χ0v) is 13.3. The highest BCUT2D eigenvalue weighted by atomic mass is 16.4. The van der Waals surface area contributed by atoms with Gasteiger partial charge in [-0.3, -0.25) is 4.79 Å². The van der Waals surface area contributed by atoms with Gasteiger partial charge in [-0.1, -0.05) is 30.3 Å². The minimum absolute atomic E-state index is 0.0435. The summed E-state index contributed by atoms with van der Waals surface area (Å²) in [5.74, 6) is -0.907. The Kier molecular flexibility index (Phi) is 4.81. The summed E-state index contributed by atoms with van der Waals surface area (Å²) in [6.07, 6.45) is -1.52. The van der Waals surface area contributed by atoms with Crippen molar-refractivity contribution in [2.75, 3.05) is 6.54 Å². The van der Waals surface area contributed by atoms with Crippen molar-refractivity contribution < 1.29 is 24.2 Å². The molecule has 0 aliphatic heterocycles. The molecule has 0 aliphatic carbocycles. The van der Waals surface area contributed by atoms with E-state index in [2.05, 4.69) is 5.32 Å². The average molecular weight is 339 g/mol. The third kappa shape index (κ3) is 3.87. The van der Waals surface area contributed by atoms with Crippen LogP contribution in [0.5, 0.6) is 0 Å². The van der Waals surface area contributed by atoms with Crippen molar-refractivity contribution in [2.45, 2.75) is 12.5 Å². The minimum Gasteiger partial charge on any atom is -0.479 e. The van der Waals surface area contributed by atoms with Crippen molar-refractivity contribution in [3.63, 3.8) is 0 Å². The lowest BCUT2D eigenvalue weighted by Gasteiger charge is -2.07. The summed E-state index contributed by atoms with van der Waals surface area (Å²) in [5.41, 5.74) is 2.11. The SMILES string of the molecule is O=C(NCC[C@H](O)C(=O)O)c1ccc(-c2cc3ccccc3o2)cc1. The second-order valence-electron chi connectivity index (χ2n) is 5.62. The molecule has 0 bridgehead atoms. The van der Waals surface area contributed by atoms with Crippen LogP contribution in [0.15, 0.2) is 59.0 Å². The van der Waals surface area contributed by atoms with Crippen LogP contribution in [0.2, 0.25) is 0 Å². The summed E-state index contributed by atoms with van der Waals surface area (Å²) in [6.45, 7) is 0.0810. The Labute approximate surface area is 143 Å². The third-order valence-electron chi connectivity index (χ3n) is 3.85. The maximum absolute atomic E-state index is 12.0. The number of furan rings is 1. The van der Waals surface area contributed by atoms with Gasteiger partial charge in [-0.2, -0.15) is 0 Å². The first-order valence-corrected chi connectivity index (χ1v) is 7.82. The molecule has 0 fully saturated rings. The first-order chi connectivity index (χ1) is 12.0. The second-order valence-corrected chi connectivity index (χ2v) is 5.62. The van der Waals surface area contributed by atoms with Crippen LogP contribution in [0.3, 0.4) is 0 Å². The Hall–Kier alpha value is -3.12. The topological polar surface area (TPSA) is 99.8 Å². The molecule has 6 nitrogen and oxygen atoms in total. The number of para-hydroxylation sites is 1. The van der Waals surface area contributed by atoms with Gasteiger partial charge in [0.25, 0.3) is 5.91 Å². The first kappa shape index (κ1) is 16.7. The molecular formula is C19H17NO5. The van der Waals surface area contributed by atoms with Crippen LogP contribution in [0.25, 0.3) is 22.3 Å². The van der Waals surface area contributed by atoms with E-state index in [9.17, 15) is 14.7 Å². The van der Waals surface area contributed by atoms with Gasteiger partial charge in [-0.25, -0.2) is 4.79 Å². The van der Waals surface area contributed by atoms with E-state index >= 15 is 0 Å². The van der Waals surface area contributed by atoms with Gasteiger partial charge in [0.15, 0.2) is 6.10 Å². The van der Waals surface area contributed by atoms with Gasteiger partial charge >= 0.3 is 5.97 Å². The second kappa shape index (κ2) is 7.19. The lowest BCUT2D eigenvalue weighted by atomic mass is 10.1. The fourth-order valence-corrected chi connectivity index (χ4v) is 2.46. The average Bonchev–Trinajstić information content (AvgIpc) is 3.05. The molecule has 3 aromatic rings. The molecule has 0 saturated heterocycles. The molecule has 0 spiro atoms. The van der Waals surface area contributed by atoms with E-state index < -0.39 is 12.1 Å². The number of nitrogens with one attached hydrogen (secondary N) is 1. The predicted molar refractivity (Wildman–Crippen MR) is 92.2 cm³/mol. The van der Waals surface area contributed by atoms with E-state index in [-0.39, 0.29) is 18.9 Å². The molecule has 3 rings (SSSR count). The van der Waals surface area contributed by atoms with Crippen LogP contribution in [0, 0.1) is 0 Å². The van der Waals surface area contributed by atoms with Gasteiger partial charge in [-0.15, -0.1) is 0 Å². The van der Waals surface area contributed by atoms with Gasteiger partial charge in [0.2, 0.25) is 0 Å². The molecule has 1 atom stereocenters. The van der Waals surface area contributed by atoms with Crippen molar-refractivity contribution in [3.05, 3.63) is 60.2 Å². The Morgan fingerprint density at radius 3 is 2.48 bits per heavy atom. The number of fused-ring (bicyclic) bond motifs is 1. The molecule has 0 unspecified atom stereocenters. The Bertz CT molecular complexity index is 865. The van der Waals surface area contributed by atoms with Crippen molar-refractivity contribution in [1.82, 2.24) is 5.32 Å². The smallest absolute Gasteiger partial charge is 0.332 e. The van der Waals surface area contributed by atoms with Gasteiger partial charge < -0.3 is 19.9 Å². The summed E-state index contributed by atoms with van der Waals surface area (Å²) < 4.78 is 5.78. The van der Waals surface area contributed by atoms with Crippen LogP contribution in [-0.4, -0.2) is 34.7 Å². The Morgan fingerprint density at radius 1 is 1.08 bits per heavy atom. The number of amides is 1. The highest BCUT2D eigenvalue weighted by Gasteiger charge is 2.13. The Balaban J connectivity index is 1.65. The molecule has 2 aromatic carbocycles. The fraction of sp³-hybridized carbons (Fsp3) is 0.158. The van der Waals surface area contributed by atoms with Crippen molar-refractivity contribution >= 4 is 22.8 Å². The monoisotopic (exact) mass is 339 g/mol. The maximum atomic E-state index is 12.0. The summed E-state index contributed by atoms with van der Waals surface area (Å²) in [7, 11) is 0. The largest absolute Gasteiger partial charge is 0.479 e. The number of carbonyl (C=O) groups excluding carboxylic acids is 1. The molecule has 0 aliphatic rings. The van der Waals surface area contributed by atoms with Gasteiger partial charge in [0.05, 0.1) is 0 Å². The molecule has 128 valence electrons. The van der Waals surface area contributed by atoms with E-state index in [0.717, 1.165) is 22.3 Å². The van der Waals surface area contributed by atoms with Gasteiger partial charge in [0, 0.05) is 29.5 Å². The fourth-order valence-electron chi connectivity index (χ4n) is 2.46. The number of carboxylic acid groups (broad SMARTS) is 1. The predicted octanol–water partition coefficient (Wildman–Crippen LogP) is 2.67. The minimum atomic E-state index is -1.48. The number of hydrogen-bond acceptors (Lipinski definition) is 4. The maximum Gasteiger partial charge on any atom is 0.332 e. The molecule has 0 saturated carbocycles. The van der Waals surface area contributed by atoms with Crippen LogP contribution in [0.4, 0.5) is 0 Å². The summed E-state index contributed by atoms with van der Waals surface area (Å²) in [5, 5.41) is 21.3. The number of aliphatic carboxylic acids is 1. The zero-order valence-electron chi connectivity index (χ0n) is 13.3. The van der Waals surface area contributed by atoms with Gasteiger partial charge in [-0.05, 0) is 24.3 Å². The summed E-state index contributed by atoms with van der Waals surface area (Å²) in [4.78, 5) is 22.5. The summed E-state index contributed by atoms with van der Waals surface area (Å²) in [6, 6.07) is 16.6. The van der Waals surface area contributed by atoms with E-state index in [1.807, 2.05) is 30.3 Å². The van der Waals surface area contributed by atoms with Crippen LogP contribution >= 0.6 is 0 Å². The zero-order chi connectivity index (χ0) is 17.8. The number of hydrogen-bond donors (Lipinski definition) is 3. The molecule has 1 aromatic heterocycles. The number of benzene rings is 2. The highest BCUT2D eigenvalue weighted by molar-refractivity contribution is 5.94. The molecule has 6 heteroatoms. The van der Waals surface area contributed by atoms with Crippen LogP contribution in [0.1, 0.15) is 16.8 Å². The van der Waals surface area contributed by atoms with Crippen molar-refractivity contribution in [2.24, 2.45) is 0 Å². The molecule has 1 amide bonds. The summed E-state index contributed by atoms with van der Waals surface area (Å²) >= 11 is 0. The quantitative estimate of drug-likeness (QED) is 0.641. The molecule has 25 heavy (non-hydrogen) atoms. The molecule has 3 N–H and O–H groups in total. The van der Waals surface area contributed by atoms with Crippen LogP contribution < -0.4 is 5.32 Å². The van der Waals surface area contributed by atoms with Crippen molar-refractivity contribution in [1.29, 1.82) is 0 Å². The molecule has 0 radical (unpaired) electrons. The number of carboxylic acids is 1. The lowest BCUT2D eigenvalue weighted by molar-refractivity contribution is -0.146. The number of aliphatic hydroxyl groups is 1. The van der Waals surface area contributed by atoms with E-state index in [0.29, 0.717) is 5.56 Å². The number of rotatable bonds is 6.